The van der Waals surface area contributed by atoms with Gasteiger partial charge in [-0.25, -0.2) is 0 Å². The van der Waals surface area contributed by atoms with Gasteiger partial charge in [0.2, 0.25) is 0 Å². The lowest BCUT2D eigenvalue weighted by atomic mass is 10.2. The van der Waals surface area contributed by atoms with Crippen LogP contribution in [0.4, 0.5) is 0 Å². The van der Waals surface area contributed by atoms with E-state index in [1.165, 1.54) is 6.07 Å². The minimum atomic E-state index is 0.0949. The Hall–Kier alpha value is -2.04. The molecule has 0 bridgehead atoms. The SMILES string of the molecule is CCCc1noc(-c2cc(OC)ccc2O)n1. The molecule has 0 aliphatic carbocycles. The van der Waals surface area contributed by atoms with Crippen molar-refractivity contribution in [2.45, 2.75) is 19.8 Å². The summed E-state index contributed by atoms with van der Waals surface area (Å²) in [6.07, 6.45) is 1.71. The smallest absolute Gasteiger partial charge is 0.261 e. The molecule has 17 heavy (non-hydrogen) atoms. The highest BCUT2D eigenvalue weighted by Crippen LogP contribution is 2.31. The third-order valence-corrected chi connectivity index (χ3v) is 2.38. The summed E-state index contributed by atoms with van der Waals surface area (Å²) in [5.41, 5.74) is 0.485. The molecule has 0 unspecified atom stereocenters. The van der Waals surface area contributed by atoms with E-state index in [-0.39, 0.29) is 5.75 Å². The molecule has 0 saturated heterocycles. The van der Waals surface area contributed by atoms with Crippen LogP contribution in [-0.4, -0.2) is 22.4 Å². The van der Waals surface area contributed by atoms with Gasteiger partial charge in [0, 0.05) is 6.42 Å². The molecule has 0 aliphatic heterocycles. The van der Waals surface area contributed by atoms with Crippen LogP contribution in [0.2, 0.25) is 0 Å². The molecule has 90 valence electrons. The summed E-state index contributed by atoms with van der Waals surface area (Å²) >= 11 is 0. The predicted octanol–water partition coefficient (Wildman–Crippen LogP) is 2.40. The molecule has 2 aromatic rings. The van der Waals surface area contributed by atoms with Crippen LogP contribution in [0, 0.1) is 0 Å². The number of aryl methyl sites for hydroxylation is 1. The van der Waals surface area contributed by atoms with Crippen LogP contribution < -0.4 is 4.74 Å². The number of hydrogen-bond acceptors (Lipinski definition) is 5. The van der Waals surface area contributed by atoms with Crippen LogP contribution in [0.25, 0.3) is 11.5 Å². The van der Waals surface area contributed by atoms with Gasteiger partial charge in [-0.3, -0.25) is 0 Å². The van der Waals surface area contributed by atoms with Gasteiger partial charge in [0.15, 0.2) is 5.82 Å². The topological polar surface area (TPSA) is 68.4 Å². The lowest BCUT2D eigenvalue weighted by Gasteiger charge is -2.02. The zero-order valence-electron chi connectivity index (χ0n) is 9.80. The number of phenols is 1. The molecule has 1 heterocycles. The number of nitrogens with zero attached hydrogens (tertiary/aromatic N) is 2. The Balaban J connectivity index is 2.37. The zero-order chi connectivity index (χ0) is 12.3. The lowest BCUT2D eigenvalue weighted by Crippen LogP contribution is -1.87. The maximum atomic E-state index is 9.74. The fourth-order valence-electron chi connectivity index (χ4n) is 1.50. The molecule has 1 aromatic carbocycles. The van der Waals surface area contributed by atoms with Gasteiger partial charge >= 0.3 is 0 Å². The van der Waals surface area contributed by atoms with Crippen LogP contribution in [0.15, 0.2) is 22.7 Å². The molecule has 0 spiro atoms. The molecule has 0 atom stereocenters. The maximum absolute atomic E-state index is 9.74. The second-order valence-electron chi connectivity index (χ2n) is 3.65. The summed E-state index contributed by atoms with van der Waals surface area (Å²) in [5, 5.41) is 13.6. The Morgan fingerprint density at radius 2 is 2.24 bits per heavy atom. The van der Waals surface area contributed by atoms with Gasteiger partial charge in [-0.15, -0.1) is 0 Å². The summed E-state index contributed by atoms with van der Waals surface area (Å²) in [7, 11) is 1.56. The number of rotatable bonds is 4. The van der Waals surface area contributed by atoms with Crippen LogP contribution in [0.1, 0.15) is 19.2 Å². The van der Waals surface area contributed by atoms with E-state index in [0.29, 0.717) is 23.0 Å². The van der Waals surface area contributed by atoms with E-state index in [2.05, 4.69) is 10.1 Å². The Morgan fingerprint density at radius 1 is 1.41 bits per heavy atom. The lowest BCUT2D eigenvalue weighted by molar-refractivity contribution is 0.406. The average Bonchev–Trinajstić information content (AvgIpc) is 2.79. The number of aromatic hydroxyl groups is 1. The van der Waals surface area contributed by atoms with Crippen molar-refractivity contribution < 1.29 is 14.4 Å². The van der Waals surface area contributed by atoms with E-state index in [1.807, 2.05) is 6.92 Å². The first-order chi connectivity index (χ1) is 8.24. The largest absolute Gasteiger partial charge is 0.507 e. The van der Waals surface area contributed by atoms with Gasteiger partial charge in [0.1, 0.15) is 11.5 Å². The predicted molar refractivity (Wildman–Crippen MR) is 61.9 cm³/mol. The van der Waals surface area contributed by atoms with E-state index in [1.54, 1.807) is 19.2 Å². The second kappa shape index (κ2) is 4.86. The van der Waals surface area contributed by atoms with Gasteiger partial charge < -0.3 is 14.4 Å². The molecular formula is C12H14N2O3. The number of aromatic nitrogens is 2. The molecule has 0 saturated carbocycles. The van der Waals surface area contributed by atoms with Crippen molar-refractivity contribution in [1.82, 2.24) is 10.1 Å². The molecule has 1 aromatic heterocycles. The zero-order valence-corrected chi connectivity index (χ0v) is 9.80. The highest BCUT2D eigenvalue weighted by Gasteiger charge is 2.13. The van der Waals surface area contributed by atoms with Gasteiger partial charge in [-0.1, -0.05) is 12.1 Å². The quantitative estimate of drug-likeness (QED) is 0.879. The average molecular weight is 234 g/mol. The molecule has 5 heteroatoms. The summed E-state index contributed by atoms with van der Waals surface area (Å²) in [6, 6.07) is 4.87. The Bertz CT molecular complexity index is 508. The summed E-state index contributed by atoms with van der Waals surface area (Å²) in [6.45, 7) is 2.04. The van der Waals surface area contributed by atoms with Gasteiger partial charge in [-0.2, -0.15) is 4.98 Å². The number of ether oxygens (including phenoxy) is 1. The second-order valence-corrected chi connectivity index (χ2v) is 3.65. The first-order valence-electron chi connectivity index (χ1n) is 5.44. The minimum absolute atomic E-state index is 0.0949. The van der Waals surface area contributed by atoms with Gasteiger partial charge in [-0.05, 0) is 24.6 Å². The van der Waals surface area contributed by atoms with E-state index < -0.39 is 0 Å². The molecule has 0 amide bonds. The maximum Gasteiger partial charge on any atom is 0.261 e. The Kier molecular flexibility index (Phi) is 3.27. The number of phenolic OH excluding ortho intramolecular Hbond substituents is 1. The summed E-state index contributed by atoms with van der Waals surface area (Å²) < 4.78 is 10.2. The molecule has 0 aliphatic rings. The summed E-state index contributed by atoms with van der Waals surface area (Å²) in [4.78, 5) is 4.21. The molecule has 0 radical (unpaired) electrons. The fraction of sp³-hybridized carbons (Fsp3) is 0.333. The minimum Gasteiger partial charge on any atom is -0.507 e. The first-order valence-corrected chi connectivity index (χ1v) is 5.44. The third-order valence-electron chi connectivity index (χ3n) is 2.38. The van der Waals surface area contributed by atoms with Crippen molar-refractivity contribution in [3.8, 4) is 23.0 Å². The molecule has 1 N–H and O–H groups in total. The monoisotopic (exact) mass is 234 g/mol. The van der Waals surface area contributed by atoms with Crippen molar-refractivity contribution in [3.05, 3.63) is 24.0 Å². The van der Waals surface area contributed by atoms with Crippen molar-refractivity contribution in [2.75, 3.05) is 7.11 Å². The van der Waals surface area contributed by atoms with Crippen molar-refractivity contribution in [1.29, 1.82) is 0 Å². The van der Waals surface area contributed by atoms with Crippen molar-refractivity contribution in [2.24, 2.45) is 0 Å². The van der Waals surface area contributed by atoms with E-state index in [0.717, 1.165) is 12.8 Å². The standard InChI is InChI=1S/C12H14N2O3/c1-3-4-11-13-12(17-14-11)9-7-8(16-2)5-6-10(9)15/h5-7,15H,3-4H2,1-2H3. The van der Waals surface area contributed by atoms with Gasteiger partial charge in [0.05, 0.1) is 12.7 Å². The molecule has 0 fully saturated rings. The van der Waals surface area contributed by atoms with E-state index in [4.69, 9.17) is 9.26 Å². The van der Waals surface area contributed by atoms with Crippen molar-refractivity contribution in [3.63, 3.8) is 0 Å². The number of methoxy groups -OCH3 is 1. The first kappa shape index (κ1) is 11.4. The third kappa shape index (κ3) is 2.38. The fourth-order valence-corrected chi connectivity index (χ4v) is 1.50. The molecule has 2 rings (SSSR count). The highest BCUT2D eigenvalue weighted by molar-refractivity contribution is 5.64. The van der Waals surface area contributed by atoms with Gasteiger partial charge in [0.25, 0.3) is 5.89 Å². The molecule has 5 nitrogen and oxygen atoms in total. The Morgan fingerprint density at radius 3 is 2.94 bits per heavy atom. The van der Waals surface area contributed by atoms with E-state index >= 15 is 0 Å². The highest BCUT2D eigenvalue weighted by atomic mass is 16.5. The van der Waals surface area contributed by atoms with Crippen LogP contribution in [0.5, 0.6) is 11.5 Å². The van der Waals surface area contributed by atoms with Crippen molar-refractivity contribution >= 4 is 0 Å². The van der Waals surface area contributed by atoms with E-state index in [9.17, 15) is 5.11 Å². The van der Waals surface area contributed by atoms with Crippen LogP contribution >= 0.6 is 0 Å². The normalized spacial score (nSPS) is 10.5. The molecular weight excluding hydrogens is 220 g/mol. The number of hydrogen-bond donors (Lipinski definition) is 1. The summed E-state index contributed by atoms with van der Waals surface area (Å²) in [5.74, 6) is 1.68. The van der Waals surface area contributed by atoms with Crippen LogP contribution in [0.3, 0.4) is 0 Å². The Labute approximate surface area is 99.0 Å². The van der Waals surface area contributed by atoms with Crippen LogP contribution in [-0.2, 0) is 6.42 Å². The number of benzene rings is 1.